The summed E-state index contributed by atoms with van der Waals surface area (Å²) in [5.74, 6) is 2.18. The predicted octanol–water partition coefficient (Wildman–Crippen LogP) is 13.8. The Bertz CT molecular complexity index is 2360. The zero-order chi connectivity index (χ0) is 44.3. The number of pyridine rings is 1. The number of nitrogens with one attached hydrogen (secondary N) is 2. The zero-order valence-electron chi connectivity index (χ0n) is 31.9. The highest BCUT2D eigenvalue weighted by Crippen LogP contribution is 2.36. The molecule has 6 rings (SSSR count). The number of ether oxygens (including phenoxy) is 2. The maximum absolute atomic E-state index is 12.7. The topological polar surface area (TPSA) is 107 Å². The predicted molar refractivity (Wildman–Crippen MR) is 226 cm³/mol. The number of hydrogen-bond donors (Lipinski definition) is 2. The molecule has 0 aliphatic heterocycles. The number of alkyl halides is 8. The first-order valence-corrected chi connectivity index (χ1v) is 20.1. The molecule has 0 aliphatic carbocycles. The van der Waals surface area contributed by atoms with Gasteiger partial charge < -0.3 is 20.1 Å². The van der Waals surface area contributed by atoms with E-state index in [0.29, 0.717) is 82.4 Å². The van der Waals surface area contributed by atoms with E-state index in [1.54, 1.807) is 38.1 Å². The lowest BCUT2D eigenvalue weighted by atomic mass is 10.1. The molecule has 3 aromatic heterocycles. The van der Waals surface area contributed by atoms with Gasteiger partial charge in [0.05, 0.1) is 33.3 Å². The Morgan fingerprint density at radius 1 is 0.557 bits per heavy atom. The van der Waals surface area contributed by atoms with Crippen LogP contribution in [-0.2, 0) is 25.2 Å². The van der Waals surface area contributed by atoms with Crippen molar-refractivity contribution in [2.75, 3.05) is 23.7 Å². The highest BCUT2D eigenvalue weighted by molar-refractivity contribution is 6.35. The molecule has 0 fully saturated rings. The van der Waals surface area contributed by atoms with Crippen LogP contribution in [0.3, 0.4) is 0 Å². The lowest BCUT2D eigenvalue weighted by Gasteiger charge is -2.12. The summed E-state index contributed by atoms with van der Waals surface area (Å²) in [6, 6.07) is 19.6. The standard InChI is InChI=1S/C21H18Cl2F3N3O.C20H16Cl3F3N4O/c1-13(22)19-18(23)20(29-12-28-19)27-11-10-14-2-6-16(7-3-14)30-17-8-4-15(5-9-17)21(24,25)26;1-11(21)17-16(23)18(30-10-29-17)27-7-6-12-2-4-14(5-3-12)31-19-15(22)8-13(9-28-19)20(24,25)26/h2-9,12-13H,10-11H2,1H3,(H,27,28,29);2-5,8-11H,6-7H2,1H3,(H,27,29,30). The summed E-state index contributed by atoms with van der Waals surface area (Å²) in [5, 5.41) is 6.21. The Labute approximate surface area is 371 Å². The third-order valence-electron chi connectivity index (χ3n) is 8.41. The van der Waals surface area contributed by atoms with Crippen LogP contribution in [0.1, 0.15) is 58.2 Å². The van der Waals surface area contributed by atoms with E-state index >= 15 is 0 Å². The molecule has 3 heterocycles. The molecule has 0 radical (unpaired) electrons. The molecule has 2 N–H and O–H groups in total. The van der Waals surface area contributed by atoms with Gasteiger partial charge in [-0.25, -0.2) is 24.9 Å². The maximum atomic E-state index is 12.7. The van der Waals surface area contributed by atoms with Crippen LogP contribution in [-0.4, -0.2) is 38.0 Å². The van der Waals surface area contributed by atoms with Gasteiger partial charge in [0.1, 0.15) is 56.6 Å². The van der Waals surface area contributed by atoms with E-state index in [1.807, 2.05) is 24.3 Å². The van der Waals surface area contributed by atoms with E-state index in [1.165, 1.54) is 24.8 Å². The average molecular weight is 948 g/mol. The Morgan fingerprint density at radius 2 is 0.967 bits per heavy atom. The summed E-state index contributed by atoms with van der Waals surface area (Å²) in [6.07, 6.45) is -4.04. The van der Waals surface area contributed by atoms with Crippen LogP contribution in [0.4, 0.5) is 38.0 Å². The fraction of sp³-hybridized carbons (Fsp3) is 0.244. The van der Waals surface area contributed by atoms with Gasteiger partial charge in [-0.1, -0.05) is 59.1 Å². The van der Waals surface area contributed by atoms with Crippen molar-refractivity contribution in [1.29, 1.82) is 0 Å². The number of nitrogens with zero attached hydrogens (tertiary/aromatic N) is 5. The van der Waals surface area contributed by atoms with E-state index in [0.717, 1.165) is 29.3 Å². The second-order valence-corrected chi connectivity index (χ2v) is 15.4. The number of hydrogen-bond acceptors (Lipinski definition) is 9. The SMILES string of the molecule is CC(Cl)c1ncnc(NCCc2ccc(Oc3ccc(C(F)(F)F)cc3)cc2)c1Cl.CC(Cl)c1ncnc(NCCc2ccc(Oc3ncc(C(F)(F)F)cc3Cl)cc2)c1Cl. The van der Waals surface area contributed by atoms with Gasteiger partial charge in [-0.3, -0.25) is 0 Å². The van der Waals surface area contributed by atoms with Crippen molar-refractivity contribution >= 4 is 69.6 Å². The van der Waals surface area contributed by atoms with Gasteiger partial charge in [-0.05, 0) is 92.4 Å². The maximum Gasteiger partial charge on any atom is 0.417 e. The molecule has 0 spiro atoms. The largest absolute Gasteiger partial charge is 0.457 e. The van der Waals surface area contributed by atoms with Gasteiger partial charge in [-0.15, -0.1) is 23.2 Å². The fourth-order valence-corrected chi connectivity index (χ4v) is 6.59. The lowest BCUT2D eigenvalue weighted by Crippen LogP contribution is -2.08. The molecule has 0 saturated carbocycles. The molecule has 6 aromatic rings. The molecular formula is C41H34Cl5F6N7O2. The molecule has 61 heavy (non-hydrogen) atoms. The second kappa shape index (κ2) is 21.3. The van der Waals surface area contributed by atoms with E-state index < -0.39 is 23.5 Å². The van der Waals surface area contributed by atoms with Gasteiger partial charge in [0, 0.05) is 19.3 Å². The van der Waals surface area contributed by atoms with Gasteiger partial charge in [-0.2, -0.15) is 26.3 Å². The smallest absolute Gasteiger partial charge is 0.417 e. The fourth-order valence-electron chi connectivity index (χ4n) is 5.28. The third-order valence-corrected chi connectivity index (χ3v) is 9.84. The van der Waals surface area contributed by atoms with Crippen molar-refractivity contribution in [3.63, 3.8) is 0 Å². The van der Waals surface area contributed by atoms with E-state index in [2.05, 4.69) is 35.6 Å². The highest BCUT2D eigenvalue weighted by atomic mass is 35.5. The van der Waals surface area contributed by atoms with Crippen LogP contribution in [0.2, 0.25) is 15.1 Å². The van der Waals surface area contributed by atoms with Gasteiger partial charge in [0.2, 0.25) is 5.88 Å². The van der Waals surface area contributed by atoms with Gasteiger partial charge >= 0.3 is 12.4 Å². The lowest BCUT2D eigenvalue weighted by molar-refractivity contribution is -0.138. The summed E-state index contributed by atoms with van der Waals surface area (Å²) in [6.45, 7) is 4.70. The van der Waals surface area contributed by atoms with Crippen molar-refractivity contribution in [3.8, 4) is 23.1 Å². The van der Waals surface area contributed by atoms with Crippen molar-refractivity contribution in [1.82, 2.24) is 24.9 Å². The minimum atomic E-state index is -4.52. The normalized spacial score (nSPS) is 12.5. The summed E-state index contributed by atoms with van der Waals surface area (Å²) in [4.78, 5) is 20.1. The van der Waals surface area contributed by atoms with Crippen molar-refractivity contribution in [2.45, 2.75) is 49.8 Å². The first-order valence-electron chi connectivity index (χ1n) is 18.1. The number of rotatable bonds is 14. The summed E-state index contributed by atoms with van der Waals surface area (Å²) in [5.41, 5.74) is 1.50. The second-order valence-electron chi connectivity index (χ2n) is 13.0. The average Bonchev–Trinajstić information content (AvgIpc) is 3.21. The molecule has 322 valence electrons. The van der Waals surface area contributed by atoms with Crippen molar-refractivity contribution in [2.24, 2.45) is 0 Å². The van der Waals surface area contributed by atoms with E-state index in [9.17, 15) is 26.3 Å². The molecule has 0 bridgehead atoms. The van der Waals surface area contributed by atoms with Crippen LogP contribution in [0.5, 0.6) is 23.1 Å². The minimum absolute atomic E-state index is 0.105. The van der Waals surface area contributed by atoms with Gasteiger partial charge in [0.15, 0.2) is 0 Å². The number of anilines is 2. The van der Waals surface area contributed by atoms with Gasteiger partial charge in [0.25, 0.3) is 0 Å². The summed E-state index contributed by atoms with van der Waals surface area (Å²) >= 11 is 30.5. The van der Waals surface area contributed by atoms with Crippen LogP contribution in [0, 0.1) is 0 Å². The Balaban J connectivity index is 0.000000231. The molecule has 0 aliphatic rings. The molecule has 2 atom stereocenters. The summed E-state index contributed by atoms with van der Waals surface area (Å²) < 4.78 is 87.0. The molecular weight excluding hydrogens is 914 g/mol. The summed E-state index contributed by atoms with van der Waals surface area (Å²) in [7, 11) is 0. The van der Waals surface area contributed by atoms with Crippen molar-refractivity contribution < 1.29 is 35.8 Å². The highest BCUT2D eigenvalue weighted by Gasteiger charge is 2.32. The first-order chi connectivity index (χ1) is 28.9. The number of halogens is 11. The molecule has 3 aromatic carbocycles. The first kappa shape index (κ1) is 47.3. The monoisotopic (exact) mass is 945 g/mol. The third kappa shape index (κ3) is 13.9. The molecule has 0 saturated heterocycles. The van der Waals surface area contributed by atoms with Crippen molar-refractivity contribution in [3.05, 3.63) is 146 Å². The zero-order valence-corrected chi connectivity index (χ0v) is 35.7. The van der Waals surface area contributed by atoms with Crippen LogP contribution < -0.4 is 20.1 Å². The minimum Gasteiger partial charge on any atom is -0.457 e. The van der Waals surface area contributed by atoms with Crippen LogP contribution >= 0.6 is 58.0 Å². The molecule has 0 amide bonds. The van der Waals surface area contributed by atoms with E-state index in [4.69, 9.17) is 67.5 Å². The Hall–Kier alpha value is -4.80. The Kier molecular flexibility index (Phi) is 16.5. The number of benzene rings is 3. The molecule has 2 unspecified atom stereocenters. The van der Waals surface area contributed by atoms with Crippen LogP contribution in [0.15, 0.2) is 97.7 Å². The number of aromatic nitrogens is 5. The Morgan fingerprint density at radius 3 is 1.36 bits per heavy atom. The van der Waals surface area contributed by atoms with Crippen LogP contribution in [0.25, 0.3) is 0 Å². The quantitative estimate of drug-likeness (QED) is 0.0815. The van der Waals surface area contributed by atoms with E-state index in [-0.39, 0.29) is 21.7 Å². The molecule has 9 nitrogen and oxygen atoms in total. The molecule has 20 heteroatoms.